The van der Waals surface area contributed by atoms with Gasteiger partial charge >= 0.3 is 6.09 Å². The first-order valence-electron chi connectivity index (χ1n) is 7.45. The average molecular weight is 282 g/mol. The number of likely N-dealkylation sites (tertiary alicyclic amines) is 1. The van der Waals surface area contributed by atoms with Crippen LogP contribution in [0.2, 0.25) is 0 Å². The summed E-state index contributed by atoms with van der Waals surface area (Å²) in [6.07, 6.45) is 2.86. The highest BCUT2D eigenvalue weighted by molar-refractivity contribution is 5.69. The molecule has 1 aliphatic heterocycles. The van der Waals surface area contributed by atoms with Crippen molar-refractivity contribution in [2.24, 2.45) is 17.8 Å². The Labute approximate surface area is 120 Å². The predicted octanol–water partition coefficient (Wildman–Crippen LogP) is 1.41. The molecule has 0 bridgehead atoms. The van der Waals surface area contributed by atoms with Gasteiger partial charge in [-0.1, -0.05) is 0 Å². The lowest BCUT2D eigenvalue weighted by Crippen LogP contribution is -2.48. The minimum absolute atomic E-state index is 0.252. The average Bonchev–Trinajstić information content (AvgIpc) is 2.35. The first-order valence-corrected chi connectivity index (χ1v) is 7.45. The van der Waals surface area contributed by atoms with Crippen molar-refractivity contribution < 1.29 is 19.4 Å². The van der Waals surface area contributed by atoms with Crippen LogP contribution in [0.5, 0.6) is 0 Å². The van der Waals surface area contributed by atoms with Gasteiger partial charge in [0.1, 0.15) is 5.60 Å². The Kier molecular flexibility index (Phi) is 4.25. The Balaban J connectivity index is 1.90. The Morgan fingerprint density at radius 3 is 2.45 bits per heavy atom. The summed E-state index contributed by atoms with van der Waals surface area (Å²) in [5.74, 6) is -0.403. The van der Waals surface area contributed by atoms with Crippen molar-refractivity contribution in [3.8, 4) is 0 Å². The summed E-state index contributed by atoms with van der Waals surface area (Å²) in [4.78, 5) is 24.8. The molecule has 2 aliphatic rings. The standard InChI is InChI=1S/C15H25NO4/c1-15(2,3)20-14(19)16-7-6-10-8-11(13(17)18)4-5-12(10)9-16/h10-12H,4-9H2,1-3H3,(H,17,18)/p-1. The molecule has 20 heavy (non-hydrogen) atoms. The predicted molar refractivity (Wildman–Crippen MR) is 71.8 cm³/mol. The minimum Gasteiger partial charge on any atom is -0.550 e. The van der Waals surface area contributed by atoms with E-state index in [-0.39, 0.29) is 12.0 Å². The van der Waals surface area contributed by atoms with Gasteiger partial charge < -0.3 is 19.5 Å². The van der Waals surface area contributed by atoms with Gasteiger partial charge in [0.2, 0.25) is 0 Å². The summed E-state index contributed by atoms with van der Waals surface area (Å²) >= 11 is 0. The molecule has 3 atom stereocenters. The highest BCUT2D eigenvalue weighted by Gasteiger charge is 2.37. The van der Waals surface area contributed by atoms with Gasteiger partial charge in [0.05, 0.1) is 0 Å². The highest BCUT2D eigenvalue weighted by atomic mass is 16.6. The molecule has 0 aromatic rings. The molecule has 1 amide bonds. The number of carbonyl (C=O) groups is 2. The lowest BCUT2D eigenvalue weighted by Gasteiger charge is -2.43. The molecule has 0 N–H and O–H groups in total. The zero-order chi connectivity index (χ0) is 14.9. The van der Waals surface area contributed by atoms with Gasteiger partial charge in [0.15, 0.2) is 0 Å². The first kappa shape index (κ1) is 15.1. The van der Waals surface area contributed by atoms with Crippen LogP contribution >= 0.6 is 0 Å². The van der Waals surface area contributed by atoms with Crippen LogP contribution in [0.1, 0.15) is 46.5 Å². The Morgan fingerprint density at radius 2 is 1.85 bits per heavy atom. The van der Waals surface area contributed by atoms with Crippen molar-refractivity contribution in [1.82, 2.24) is 4.90 Å². The van der Waals surface area contributed by atoms with E-state index in [1.54, 1.807) is 4.90 Å². The monoisotopic (exact) mass is 282 g/mol. The molecule has 0 radical (unpaired) electrons. The molecule has 0 spiro atoms. The maximum Gasteiger partial charge on any atom is 0.410 e. The fourth-order valence-electron chi connectivity index (χ4n) is 3.32. The van der Waals surface area contributed by atoms with Gasteiger partial charge in [-0.2, -0.15) is 0 Å². The minimum atomic E-state index is -0.918. The van der Waals surface area contributed by atoms with E-state index in [2.05, 4.69) is 0 Å². The topological polar surface area (TPSA) is 69.7 Å². The largest absolute Gasteiger partial charge is 0.550 e. The van der Waals surface area contributed by atoms with Gasteiger partial charge in [-0.15, -0.1) is 0 Å². The zero-order valence-corrected chi connectivity index (χ0v) is 12.6. The number of hydrogen-bond acceptors (Lipinski definition) is 4. The fourth-order valence-corrected chi connectivity index (χ4v) is 3.32. The number of carboxylic acids is 1. The number of carboxylic acid groups (broad SMARTS) is 1. The zero-order valence-electron chi connectivity index (χ0n) is 12.6. The molecule has 5 heteroatoms. The summed E-state index contributed by atoms with van der Waals surface area (Å²) in [6.45, 7) is 6.95. The molecule has 5 nitrogen and oxygen atoms in total. The molecule has 2 rings (SSSR count). The molecular weight excluding hydrogens is 258 g/mol. The third-order valence-corrected chi connectivity index (χ3v) is 4.35. The van der Waals surface area contributed by atoms with Gasteiger partial charge in [0, 0.05) is 19.1 Å². The second-order valence-electron chi connectivity index (χ2n) is 7.06. The van der Waals surface area contributed by atoms with E-state index >= 15 is 0 Å². The lowest BCUT2D eigenvalue weighted by molar-refractivity contribution is -0.313. The number of aliphatic carboxylic acids is 1. The van der Waals surface area contributed by atoms with E-state index in [1.807, 2.05) is 20.8 Å². The van der Waals surface area contributed by atoms with E-state index < -0.39 is 11.6 Å². The van der Waals surface area contributed by atoms with Crippen molar-refractivity contribution in [3.63, 3.8) is 0 Å². The maximum absolute atomic E-state index is 12.1. The van der Waals surface area contributed by atoms with Crippen molar-refractivity contribution in [3.05, 3.63) is 0 Å². The summed E-state index contributed by atoms with van der Waals surface area (Å²) in [5.41, 5.74) is -0.472. The lowest BCUT2D eigenvalue weighted by atomic mass is 9.71. The third kappa shape index (κ3) is 3.64. The second kappa shape index (κ2) is 5.62. The molecule has 3 unspecified atom stereocenters. The molecule has 1 saturated heterocycles. The number of ether oxygens (including phenoxy) is 1. The van der Waals surface area contributed by atoms with Gasteiger partial charge in [0.25, 0.3) is 0 Å². The van der Waals surface area contributed by atoms with Crippen molar-refractivity contribution in [2.75, 3.05) is 13.1 Å². The van der Waals surface area contributed by atoms with Crippen molar-refractivity contribution >= 4 is 12.1 Å². The van der Waals surface area contributed by atoms with Crippen LogP contribution < -0.4 is 5.11 Å². The highest BCUT2D eigenvalue weighted by Crippen LogP contribution is 2.39. The maximum atomic E-state index is 12.1. The van der Waals surface area contributed by atoms with E-state index in [9.17, 15) is 14.7 Å². The number of carbonyl (C=O) groups excluding carboxylic acids is 2. The fraction of sp³-hybridized carbons (Fsp3) is 0.867. The van der Waals surface area contributed by atoms with Gasteiger partial charge in [-0.25, -0.2) is 4.79 Å². The van der Waals surface area contributed by atoms with E-state index in [0.717, 1.165) is 12.8 Å². The van der Waals surface area contributed by atoms with Crippen LogP contribution in [0.3, 0.4) is 0 Å². The summed E-state index contributed by atoms with van der Waals surface area (Å²) < 4.78 is 5.40. The smallest absolute Gasteiger partial charge is 0.410 e. The van der Waals surface area contributed by atoms with Gasteiger partial charge in [-0.05, 0) is 64.2 Å². The molecule has 0 aromatic heterocycles. The van der Waals surface area contributed by atoms with E-state index in [1.165, 1.54) is 0 Å². The molecule has 1 heterocycles. The third-order valence-electron chi connectivity index (χ3n) is 4.35. The quantitative estimate of drug-likeness (QED) is 0.729. The van der Waals surface area contributed by atoms with Crippen molar-refractivity contribution in [1.29, 1.82) is 0 Å². The SMILES string of the molecule is CC(C)(C)OC(=O)N1CCC2CC(C(=O)[O-])CCC2C1. The Morgan fingerprint density at radius 1 is 1.15 bits per heavy atom. The molecule has 1 aliphatic carbocycles. The van der Waals surface area contributed by atoms with E-state index in [4.69, 9.17) is 4.74 Å². The molecular formula is C15H24NO4-. The van der Waals surface area contributed by atoms with E-state index in [0.29, 0.717) is 37.8 Å². The second-order valence-corrected chi connectivity index (χ2v) is 7.06. The number of amides is 1. The normalized spacial score (nSPS) is 30.6. The van der Waals surface area contributed by atoms with Crippen LogP contribution in [0.4, 0.5) is 4.79 Å². The Bertz CT molecular complexity index is 388. The number of nitrogens with zero attached hydrogens (tertiary/aromatic N) is 1. The van der Waals surface area contributed by atoms with Crippen molar-refractivity contribution in [2.45, 2.75) is 52.1 Å². The van der Waals surface area contributed by atoms with Crippen LogP contribution in [0.25, 0.3) is 0 Å². The van der Waals surface area contributed by atoms with Gasteiger partial charge in [-0.3, -0.25) is 0 Å². The first-order chi connectivity index (χ1) is 9.26. The number of piperidine rings is 1. The molecule has 0 aromatic carbocycles. The van der Waals surface area contributed by atoms with Crippen LogP contribution in [0, 0.1) is 17.8 Å². The summed E-state index contributed by atoms with van der Waals surface area (Å²) in [7, 11) is 0. The van der Waals surface area contributed by atoms with Crippen LogP contribution in [0.15, 0.2) is 0 Å². The molecule has 1 saturated carbocycles. The molecule has 2 fully saturated rings. The number of rotatable bonds is 1. The van der Waals surface area contributed by atoms with Crippen LogP contribution in [-0.2, 0) is 9.53 Å². The summed E-state index contributed by atoms with van der Waals surface area (Å²) in [6, 6.07) is 0. The summed E-state index contributed by atoms with van der Waals surface area (Å²) in [5, 5.41) is 11.0. The number of fused-ring (bicyclic) bond motifs is 1. The molecule has 114 valence electrons. The van der Waals surface area contributed by atoms with Crippen LogP contribution in [-0.4, -0.2) is 35.7 Å². The Hall–Kier alpha value is -1.26. The number of hydrogen-bond donors (Lipinski definition) is 0.